The number of fused-ring (bicyclic) bond motifs is 2. The van der Waals surface area contributed by atoms with Crippen molar-refractivity contribution in [1.29, 1.82) is 0 Å². The summed E-state index contributed by atoms with van der Waals surface area (Å²) in [5, 5.41) is 5.93. The summed E-state index contributed by atoms with van der Waals surface area (Å²) in [6.45, 7) is 12.9. The predicted molar refractivity (Wildman–Crippen MR) is 119 cm³/mol. The molecule has 0 unspecified atom stereocenters. The number of nitrogens with zero attached hydrogens (tertiary/aromatic N) is 1. The SMILES string of the molecule is CC(C)(C)c1ccc(CC(C)(C)c2ccc(F)c3c2CNCC3)c2ccncc12. The molecule has 0 saturated heterocycles. The minimum atomic E-state index is -0.101. The molecule has 29 heavy (non-hydrogen) atoms. The van der Waals surface area contributed by atoms with Crippen LogP contribution in [0.4, 0.5) is 4.39 Å². The fraction of sp³-hybridized carbons (Fsp3) is 0.423. The van der Waals surface area contributed by atoms with Gasteiger partial charge in [-0.1, -0.05) is 52.8 Å². The topological polar surface area (TPSA) is 24.9 Å². The van der Waals surface area contributed by atoms with Gasteiger partial charge < -0.3 is 5.32 Å². The maximum absolute atomic E-state index is 14.4. The van der Waals surface area contributed by atoms with E-state index in [1.165, 1.54) is 27.5 Å². The van der Waals surface area contributed by atoms with Gasteiger partial charge in [-0.2, -0.15) is 0 Å². The molecule has 1 aromatic heterocycles. The standard InChI is InChI=1S/C26H31FN2/c1-25(2,3)22-7-6-17(18-10-12-28-15-20(18)22)14-26(4,5)23-8-9-24(27)19-11-13-29-16-21(19)23/h6-10,12,15,29H,11,13-14,16H2,1-5H3. The summed E-state index contributed by atoms with van der Waals surface area (Å²) < 4.78 is 14.4. The van der Waals surface area contributed by atoms with E-state index in [-0.39, 0.29) is 16.6 Å². The minimum absolute atomic E-state index is 0.0629. The summed E-state index contributed by atoms with van der Waals surface area (Å²) in [4.78, 5) is 4.40. The molecule has 2 nitrogen and oxygen atoms in total. The number of aromatic nitrogens is 1. The van der Waals surface area contributed by atoms with Crippen LogP contribution < -0.4 is 5.32 Å². The maximum Gasteiger partial charge on any atom is 0.126 e. The Labute approximate surface area is 173 Å². The highest BCUT2D eigenvalue weighted by atomic mass is 19.1. The molecule has 0 amide bonds. The molecule has 0 spiro atoms. The van der Waals surface area contributed by atoms with Crippen molar-refractivity contribution in [2.45, 2.75) is 64.8 Å². The molecule has 3 aromatic rings. The summed E-state index contributed by atoms with van der Waals surface area (Å²) in [5.41, 5.74) is 5.91. The first kappa shape index (κ1) is 20.0. The fourth-order valence-corrected chi connectivity index (χ4v) is 4.83. The zero-order valence-electron chi connectivity index (χ0n) is 18.2. The van der Waals surface area contributed by atoms with Gasteiger partial charge in [0.25, 0.3) is 0 Å². The van der Waals surface area contributed by atoms with Crippen LogP contribution in [0.15, 0.2) is 42.7 Å². The molecule has 1 N–H and O–H groups in total. The monoisotopic (exact) mass is 390 g/mol. The molecular formula is C26H31FN2. The van der Waals surface area contributed by atoms with E-state index in [2.05, 4.69) is 63.1 Å². The Hall–Kier alpha value is -2.26. The first-order valence-electron chi connectivity index (χ1n) is 10.6. The van der Waals surface area contributed by atoms with Crippen LogP contribution in [0.3, 0.4) is 0 Å². The lowest BCUT2D eigenvalue weighted by Crippen LogP contribution is -2.30. The second-order valence-corrected chi connectivity index (χ2v) is 9.98. The molecule has 3 heteroatoms. The van der Waals surface area contributed by atoms with E-state index in [0.29, 0.717) is 0 Å². The summed E-state index contributed by atoms with van der Waals surface area (Å²) in [7, 11) is 0. The molecule has 152 valence electrons. The van der Waals surface area contributed by atoms with Gasteiger partial charge in [0.1, 0.15) is 5.82 Å². The third-order valence-corrected chi connectivity index (χ3v) is 6.31. The van der Waals surface area contributed by atoms with Crippen LogP contribution in [0.2, 0.25) is 0 Å². The molecule has 0 fully saturated rings. The van der Waals surface area contributed by atoms with Crippen LogP contribution in [-0.2, 0) is 30.2 Å². The van der Waals surface area contributed by atoms with E-state index in [1.807, 2.05) is 18.5 Å². The van der Waals surface area contributed by atoms with Gasteiger partial charge in [0.2, 0.25) is 0 Å². The van der Waals surface area contributed by atoms with Gasteiger partial charge in [-0.05, 0) is 75.6 Å². The minimum Gasteiger partial charge on any atom is -0.312 e. The molecule has 2 heterocycles. The lowest BCUT2D eigenvalue weighted by Gasteiger charge is -2.32. The Kier molecular flexibility index (Phi) is 4.98. The van der Waals surface area contributed by atoms with Crippen molar-refractivity contribution in [1.82, 2.24) is 10.3 Å². The summed E-state index contributed by atoms with van der Waals surface area (Å²) in [6.07, 6.45) is 5.54. The van der Waals surface area contributed by atoms with Crippen LogP contribution in [0.25, 0.3) is 10.8 Å². The van der Waals surface area contributed by atoms with E-state index >= 15 is 0 Å². The van der Waals surface area contributed by atoms with Crippen LogP contribution in [0.5, 0.6) is 0 Å². The van der Waals surface area contributed by atoms with Gasteiger partial charge in [0.15, 0.2) is 0 Å². The molecule has 4 rings (SSSR count). The molecule has 1 aliphatic rings. The number of hydrogen-bond acceptors (Lipinski definition) is 2. The van der Waals surface area contributed by atoms with E-state index in [9.17, 15) is 4.39 Å². The highest BCUT2D eigenvalue weighted by Gasteiger charge is 2.29. The number of hydrogen-bond donors (Lipinski definition) is 1. The smallest absolute Gasteiger partial charge is 0.126 e. The lowest BCUT2D eigenvalue weighted by molar-refractivity contribution is 0.498. The molecule has 0 saturated carbocycles. The molecule has 0 atom stereocenters. The van der Waals surface area contributed by atoms with Crippen molar-refractivity contribution in [3.8, 4) is 0 Å². The summed E-state index contributed by atoms with van der Waals surface area (Å²) in [5.74, 6) is -0.0629. The quantitative estimate of drug-likeness (QED) is 0.608. The summed E-state index contributed by atoms with van der Waals surface area (Å²) in [6, 6.07) is 10.3. The molecule has 0 aliphatic carbocycles. The molecule has 1 aliphatic heterocycles. The second-order valence-electron chi connectivity index (χ2n) is 9.98. The average Bonchev–Trinajstić information content (AvgIpc) is 2.67. The van der Waals surface area contributed by atoms with Crippen molar-refractivity contribution < 1.29 is 4.39 Å². The van der Waals surface area contributed by atoms with Gasteiger partial charge in [0.05, 0.1) is 0 Å². The van der Waals surface area contributed by atoms with Gasteiger partial charge >= 0.3 is 0 Å². The van der Waals surface area contributed by atoms with Crippen molar-refractivity contribution in [2.75, 3.05) is 6.54 Å². The molecule has 2 aromatic carbocycles. The van der Waals surface area contributed by atoms with Gasteiger partial charge in [-0.25, -0.2) is 4.39 Å². The third kappa shape index (κ3) is 3.69. The number of halogens is 1. The Morgan fingerprint density at radius 1 is 0.931 bits per heavy atom. The largest absolute Gasteiger partial charge is 0.312 e. The normalized spacial score (nSPS) is 14.8. The van der Waals surface area contributed by atoms with Crippen molar-refractivity contribution >= 4 is 10.8 Å². The average molecular weight is 391 g/mol. The Bertz CT molecular complexity index is 1060. The van der Waals surface area contributed by atoms with Crippen LogP contribution in [0, 0.1) is 5.82 Å². The maximum atomic E-state index is 14.4. The number of nitrogens with one attached hydrogen (secondary N) is 1. The Balaban J connectivity index is 1.80. The second kappa shape index (κ2) is 7.21. The zero-order valence-corrected chi connectivity index (χ0v) is 18.2. The Morgan fingerprint density at radius 2 is 1.69 bits per heavy atom. The highest BCUT2D eigenvalue weighted by Crippen LogP contribution is 2.37. The zero-order chi connectivity index (χ0) is 20.8. The third-order valence-electron chi connectivity index (χ3n) is 6.31. The van der Waals surface area contributed by atoms with E-state index in [1.54, 1.807) is 6.07 Å². The van der Waals surface area contributed by atoms with Crippen LogP contribution in [-0.4, -0.2) is 11.5 Å². The predicted octanol–water partition coefficient (Wildman–Crippen LogP) is 5.84. The van der Waals surface area contributed by atoms with Crippen molar-refractivity contribution in [3.05, 3.63) is 76.4 Å². The Morgan fingerprint density at radius 3 is 2.45 bits per heavy atom. The fourth-order valence-electron chi connectivity index (χ4n) is 4.83. The van der Waals surface area contributed by atoms with Crippen molar-refractivity contribution in [2.24, 2.45) is 0 Å². The first-order valence-corrected chi connectivity index (χ1v) is 10.6. The first-order chi connectivity index (χ1) is 13.7. The summed E-state index contributed by atoms with van der Waals surface area (Å²) >= 11 is 0. The van der Waals surface area contributed by atoms with Gasteiger partial charge in [-0.15, -0.1) is 0 Å². The highest BCUT2D eigenvalue weighted by molar-refractivity contribution is 5.89. The van der Waals surface area contributed by atoms with E-state index in [4.69, 9.17) is 0 Å². The van der Waals surface area contributed by atoms with Crippen LogP contribution in [0.1, 0.15) is 62.4 Å². The van der Waals surface area contributed by atoms with E-state index < -0.39 is 0 Å². The van der Waals surface area contributed by atoms with Crippen LogP contribution >= 0.6 is 0 Å². The number of benzene rings is 2. The molecule has 0 radical (unpaired) electrons. The van der Waals surface area contributed by atoms with Crippen molar-refractivity contribution in [3.63, 3.8) is 0 Å². The van der Waals surface area contributed by atoms with E-state index in [0.717, 1.165) is 37.1 Å². The number of rotatable bonds is 3. The van der Waals surface area contributed by atoms with Gasteiger partial charge in [0, 0.05) is 24.3 Å². The lowest BCUT2D eigenvalue weighted by atomic mass is 9.74. The van der Waals surface area contributed by atoms with Gasteiger partial charge in [-0.3, -0.25) is 4.98 Å². The number of pyridine rings is 1. The molecule has 0 bridgehead atoms. The molecular weight excluding hydrogens is 359 g/mol.